The van der Waals surface area contributed by atoms with E-state index in [4.69, 9.17) is 5.73 Å². The van der Waals surface area contributed by atoms with Crippen molar-refractivity contribution in [1.29, 1.82) is 0 Å². The van der Waals surface area contributed by atoms with Gasteiger partial charge in [-0.25, -0.2) is 0 Å². The van der Waals surface area contributed by atoms with E-state index >= 15 is 0 Å². The average Bonchev–Trinajstić information content (AvgIpc) is 2.84. The Hall–Kier alpha value is -1.01. The van der Waals surface area contributed by atoms with E-state index in [0.29, 0.717) is 5.92 Å². The Morgan fingerprint density at radius 3 is 2.93 bits per heavy atom. The van der Waals surface area contributed by atoms with Gasteiger partial charge in [0.15, 0.2) is 5.82 Å². The normalized spacial score (nSPS) is 26.5. The molecule has 1 saturated carbocycles. The van der Waals surface area contributed by atoms with Crippen molar-refractivity contribution in [3.8, 4) is 0 Å². The van der Waals surface area contributed by atoms with Gasteiger partial charge in [0.1, 0.15) is 5.01 Å². The fraction of sp³-hybridized carbons (Fsp3) is 0.667. The van der Waals surface area contributed by atoms with Crippen molar-refractivity contribution in [1.82, 2.24) is 19.8 Å². The van der Waals surface area contributed by atoms with Crippen LogP contribution in [0.15, 0.2) is 0 Å². The summed E-state index contributed by atoms with van der Waals surface area (Å²) >= 11 is 1.62. The highest BCUT2D eigenvalue weighted by Gasteiger charge is 2.28. The van der Waals surface area contributed by atoms with Gasteiger partial charge < -0.3 is 5.73 Å². The predicted octanol–water partition coefficient (Wildman–Crippen LogP) is 1.09. The number of nitrogens with two attached hydrogens (primary N) is 1. The summed E-state index contributed by atoms with van der Waals surface area (Å²) < 4.78 is 1.81. The summed E-state index contributed by atoms with van der Waals surface area (Å²) in [6.07, 6.45) is 3.49. The van der Waals surface area contributed by atoms with Crippen molar-refractivity contribution < 1.29 is 0 Å². The Labute approximate surface area is 91.3 Å². The molecule has 2 aromatic heterocycles. The number of hydrogen-bond acceptors (Lipinski definition) is 5. The topological polar surface area (TPSA) is 69.1 Å². The number of rotatable bonds is 1. The van der Waals surface area contributed by atoms with E-state index in [2.05, 4.69) is 15.3 Å². The SMILES string of the molecule is Cc1nnc2sc(C3CCCC3N)nn12. The highest BCUT2D eigenvalue weighted by atomic mass is 32.1. The zero-order chi connectivity index (χ0) is 10.4. The van der Waals surface area contributed by atoms with E-state index in [-0.39, 0.29) is 6.04 Å². The van der Waals surface area contributed by atoms with Crippen LogP contribution in [0.3, 0.4) is 0 Å². The first-order valence-electron chi connectivity index (χ1n) is 5.20. The van der Waals surface area contributed by atoms with Crippen LogP contribution in [0.25, 0.3) is 4.96 Å². The summed E-state index contributed by atoms with van der Waals surface area (Å²) in [6, 6.07) is 0.272. The maximum absolute atomic E-state index is 6.06. The Balaban J connectivity index is 2.04. The predicted molar refractivity (Wildman–Crippen MR) is 58.0 cm³/mol. The third kappa shape index (κ3) is 1.36. The third-order valence-corrected chi connectivity index (χ3v) is 4.08. The molecule has 0 saturated heterocycles. The van der Waals surface area contributed by atoms with Gasteiger partial charge in [0.2, 0.25) is 4.96 Å². The molecule has 1 aliphatic carbocycles. The first-order valence-corrected chi connectivity index (χ1v) is 6.01. The van der Waals surface area contributed by atoms with Gasteiger partial charge in [0.25, 0.3) is 0 Å². The van der Waals surface area contributed by atoms with Gasteiger partial charge in [0, 0.05) is 12.0 Å². The second-order valence-electron chi connectivity index (χ2n) is 4.08. The van der Waals surface area contributed by atoms with Crippen molar-refractivity contribution >= 4 is 16.3 Å². The molecular weight excluding hydrogens is 210 g/mol. The molecule has 2 heterocycles. The van der Waals surface area contributed by atoms with E-state index < -0.39 is 0 Å². The highest BCUT2D eigenvalue weighted by Crippen LogP contribution is 2.35. The van der Waals surface area contributed by atoms with Crippen LogP contribution in [0.4, 0.5) is 0 Å². The molecule has 2 unspecified atom stereocenters. The lowest BCUT2D eigenvalue weighted by atomic mass is 10.1. The van der Waals surface area contributed by atoms with Gasteiger partial charge in [-0.3, -0.25) is 0 Å². The Bertz CT molecular complexity index is 488. The monoisotopic (exact) mass is 223 g/mol. The molecule has 0 amide bonds. The van der Waals surface area contributed by atoms with Crippen molar-refractivity contribution in [2.24, 2.45) is 5.73 Å². The van der Waals surface area contributed by atoms with Crippen LogP contribution in [-0.4, -0.2) is 25.9 Å². The lowest BCUT2D eigenvalue weighted by Gasteiger charge is -2.10. The zero-order valence-electron chi connectivity index (χ0n) is 8.55. The van der Waals surface area contributed by atoms with Crippen molar-refractivity contribution in [2.45, 2.75) is 38.1 Å². The first-order chi connectivity index (χ1) is 7.25. The van der Waals surface area contributed by atoms with Crippen LogP contribution >= 0.6 is 11.3 Å². The van der Waals surface area contributed by atoms with E-state index in [1.165, 1.54) is 6.42 Å². The standard InChI is InChI=1S/C9H13N5S/c1-5-11-12-9-14(5)13-8(15-9)6-3-2-4-7(6)10/h6-7H,2-4,10H2,1H3. The minimum absolute atomic E-state index is 0.272. The molecule has 0 radical (unpaired) electrons. The molecule has 5 nitrogen and oxygen atoms in total. The molecule has 15 heavy (non-hydrogen) atoms. The number of aryl methyl sites for hydroxylation is 1. The van der Waals surface area contributed by atoms with E-state index in [1.54, 1.807) is 11.3 Å². The van der Waals surface area contributed by atoms with Crippen molar-refractivity contribution in [2.75, 3.05) is 0 Å². The fourth-order valence-electron chi connectivity index (χ4n) is 2.17. The van der Waals surface area contributed by atoms with Gasteiger partial charge in [-0.05, 0) is 19.8 Å². The van der Waals surface area contributed by atoms with Gasteiger partial charge in [-0.1, -0.05) is 17.8 Å². The van der Waals surface area contributed by atoms with Gasteiger partial charge in [0.05, 0.1) is 0 Å². The minimum atomic E-state index is 0.272. The van der Waals surface area contributed by atoms with Crippen LogP contribution < -0.4 is 5.73 Å². The summed E-state index contributed by atoms with van der Waals surface area (Å²) in [7, 11) is 0. The summed E-state index contributed by atoms with van der Waals surface area (Å²) in [5.41, 5.74) is 6.06. The Morgan fingerprint density at radius 2 is 2.27 bits per heavy atom. The second kappa shape index (κ2) is 3.24. The maximum atomic E-state index is 6.06. The minimum Gasteiger partial charge on any atom is -0.327 e. The molecule has 2 atom stereocenters. The largest absolute Gasteiger partial charge is 0.327 e. The van der Waals surface area contributed by atoms with E-state index in [0.717, 1.165) is 28.6 Å². The number of nitrogens with zero attached hydrogens (tertiary/aromatic N) is 4. The van der Waals surface area contributed by atoms with Crippen molar-refractivity contribution in [3.63, 3.8) is 0 Å². The number of fused-ring (bicyclic) bond motifs is 1. The zero-order valence-corrected chi connectivity index (χ0v) is 9.37. The molecule has 2 aromatic rings. The quantitative estimate of drug-likeness (QED) is 0.785. The van der Waals surface area contributed by atoms with Crippen LogP contribution in [0.2, 0.25) is 0 Å². The first kappa shape index (κ1) is 9.23. The summed E-state index contributed by atoms with van der Waals surface area (Å²) in [5.74, 6) is 1.27. The van der Waals surface area contributed by atoms with Crippen LogP contribution in [-0.2, 0) is 0 Å². The average molecular weight is 223 g/mol. The summed E-state index contributed by atoms with van der Waals surface area (Å²) in [4.78, 5) is 0.876. The van der Waals surface area contributed by atoms with Gasteiger partial charge in [-0.2, -0.15) is 9.61 Å². The van der Waals surface area contributed by atoms with Gasteiger partial charge >= 0.3 is 0 Å². The molecule has 0 spiro atoms. The maximum Gasteiger partial charge on any atom is 0.234 e. The molecule has 0 aliphatic heterocycles. The molecule has 6 heteroatoms. The molecule has 2 N–H and O–H groups in total. The molecule has 3 rings (SSSR count). The molecule has 0 bridgehead atoms. The molecular formula is C9H13N5S. The lowest BCUT2D eigenvalue weighted by molar-refractivity contribution is 0.600. The number of aromatic nitrogens is 4. The number of hydrogen-bond donors (Lipinski definition) is 1. The molecule has 1 fully saturated rings. The van der Waals surface area contributed by atoms with E-state index in [9.17, 15) is 0 Å². The van der Waals surface area contributed by atoms with Crippen LogP contribution in [0, 0.1) is 6.92 Å². The summed E-state index contributed by atoms with van der Waals surface area (Å²) in [5, 5.41) is 13.7. The third-order valence-electron chi connectivity index (χ3n) is 3.05. The highest BCUT2D eigenvalue weighted by molar-refractivity contribution is 7.16. The van der Waals surface area contributed by atoms with Crippen LogP contribution in [0.5, 0.6) is 0 Å². The Morgan fingerprint density at radius 1 is 1.40 bits per heavy atom. The van der Waals surface area contributed by atoms with Gasteiger partial charge in [-0.15, -0.1) is 10.2 Å². The van der Waals surface area contributed by atoms with E-state index in [1.807, 2.05) is 11.4 Å². The fourth-order valence-corrected chi connectivity index (χ4v) is 3.27. The lowest BCUT2D eigenvalue weighted by Crippen LogP contribution is -2.22. The molecule has 1 aliphatic rings. The Kier molecular flexibility index (Phi) is 2.00. The molecule has 0 aromatic carbocycles. The smallest absolute Gasteiger partial charge is 0.234 e. The molecule has 80 valence electrons. The second-order valence-corrected chi connectivity index (χ2v) is 5.07. The van der Waals surface area contributed by atoms with Crippen molar-refractivity contribution in [3.05, 3.63) is 10.8 Å². The van der Waals surface area contributed by atoms with Crippen LogP contribution in [0.1, 0.15) is 36.0 Å². The summed E-state index contributed by atoms with van der Waals surface area (Å²) in [6.45, 7) is 1.91.